The van der Waals surface area contributed by atoms with E-state index in [1.165, 1.54) is 18.2 Å². The van der Waals surface area contributed by atoms with Crippen LogP contribution < -0.4 is 21.0 Å². The molecule has 240 valence electrons. The molecule has 0 saturated heterocycles. The third-order valence-electron chi connectivity index (χ3n) is 7.44. The zero-order valence-corrected chi connectivity index (χ0v) is 26.3. The van der Waals surface area contributed by atoms with E-state index < -0.39 is 21.8 Å². The SMILES string of the molecule is CC(C)(CCn1cnc(-c2ccc(C(=O)NCc3cc(=O)o[nH]3)cc2)c1)NC[C@H](O)c1cccc(NS(=O)(=O)c2ccccc2)c1. The van der Waals surface area contributed by atoms with E-state index in [1.54, 1.807) is 60.9 Å². The Morgan fingerprint density at radius 3 is 2.52 bits per heavy atom. The number of benzene rings is 3. The molecule has 46 heavy (non-hydrogen) atoms. The molecule has 5 aromatic rings. The van der Waals surface area contributed by atoms with E-state index in [2.05, 4.69) is 43.9 Å². The number of nitrogens with zero attached hydrogens (tertiary/aromatic N) is 2. The molecular weight excluding hydrogens is 608 g/mol. The summed E-state index contributed by atoms with van der Waals surface area (Å²) >= 11 is 0. The maximum Gasteiger partial charge on any atom is 0.357 e. The van der Waals surface area contributed by atoms with Crippen molar-refractivity contribution in [3.63, 3.8) is 0 Å². The summed E-state index contributed by atoms with van der Waals surface area (Å²) in [5, 5.41) is 19.5. The smallest absolute Gasteiger partial charge is 0.357 e. The van der Waals surface area contributed by atoms with Gasteiger partial charge >= 0.3 is 5.63 Å². The van der Waals surface area contributed by atoms with E-state index in [9.17, 15) is 23.1 Å². The summed E-state index contributed by atoms with van der Waals surface area (Å²) in [6.45, 7) is 5.20. The van der Waals surface area contributed by atoms with Gasteiger partial charge in [-0.3, -0.25) is 9.52 Å². The highest BCUT2D eigenvalue weighted by Crippen LogP contribution is 2.22. The van der Waals surface area contributed by atoms with Crippen molar-refractivity contribution in [3.05, 3.63) is 125 Å². The Bertz CT molecular complexity index is 1930. The second kappa shape index (κ2) is 14.0. The molecule has 0 saturated carbocycles. The number of sulfonamides is 1. The Morgan fingerprint density at radius 2 is 1.80 bits per heavy atom. The predicted molar refractivity (Wildman–Crippen MR) is 174 cm³/mol. The molecule has 1 amide bonds. The van der Waals surface area contributed by atoms with Crippen LogP contribution in [0.4, 0.5) is 5.69 Å². The van der Waals surface area contributed by atoms with E-state index in [0.29, 0.717) is 29.1 Å². The first-order chi connectivity index (χ1) is 22.0. The number of carbonyl (C=O) groups excluding carboxylic acids is 1. The Labute approximate surface area is 266 Å². The van der Waals surface area contributed by atoms with Gasteiger partial charge in [0.15, 0.2) is 0 Å². The molecule has 13 heteroatoms. The number of rotatable bonds is 14. The lowest BCUT2D eigenvalue weighted by molar-refractivity contribution is 0.0950. The van der Waals surface area contributed by atoms with Crippen LogP contribution in [0.2, 0.25) is 0 Å². The molecule has 3 aromatic carbocycles. The van der Waals surface area contributed by atoms with Gasteiger partial charge in [0.2, 0.25) is 0 Å². The lowest BCUT2D eigenvalue weighted by Crippen LogP contribution is -2.42. The van der Waals surface area contributed by atoms with Gasteiger partial charge in [0.25, 0.3) is 15.9 Å². The fraction of sp³-hybridized carbons (Fsp3) is 0.242. The van der Waals surface area contributed by atoms with Gasteiger partial charge < -0.3 is 24.8 Å². The molecule has 0 bridgehead atoms. The van der Waals surface area contributed by atoms with Crippen molar-refractivity contribution < 1.29 is 22.8 Å². The quantitative estimate of drug-likeness (QED) is 0.121. The molecule has 5 rings (SSSR count). The number of aromatic nitrogens is 3. The summed E-state index contributed by atoms with van der Waals surface area (Å²) in [7, 11) is -3.74. The number of imidazole rings is 1. The fourth-order valence-corrected chi connectivity index (χ4v) is 5.79. The summed E-state index contributed by atoms with van der Waals surface area (Å²) in [5.41, 5.74) is 2.73. The molecule has 0 radical (unpaired) electrons. The number of carbonyl (C=O) groups is 1. The Hall–Kier alpha value is -4.98. The largest absolute Gasteiger partial charge is 0.387 e. The first-order valence-corrected chi connectivity index (χ1v) is 16.1. The van der Waals surface area contributed by atoms with E-state index in [1.807, 2.05) is 22.9 Å². The number of H-pyrrole nitrogens is 1. The van der Waals surface area contributed by atoms with Crippen LogP contribution in [0.15, 0.2) is 112 Å². The monoisotopic (exact) mass is 644 g/mol. The molecule has 0 aliphatic heterocycles. The van der Waals surface area contributed by atoms with Crippen LogP contribution in [0.3, 0.4) is 0 Å². The average Bonchev–Trinajstić information content (AvgIpc) is 3.71. The maximum absolute atomic E-state index is 12.7. The number of aliphatic hydroxyl groups excluding tert-OH is 1. The van der Waals surface area contributed by atoms with Crippen LogP contribution >= 0.6 is 0 Å². The highest BCUT2D eigenvalue weighted by molar-refractivity contribution is 7.92. The number of aliphatic hydroxyl groups is 1. The summed E-state index contributed by atoms with van der Waals surface area (Å²) < 4.78 is 34.6. The molecular formula is C33H36N6O6S. The van der Waals surface area contributed by atoms with Gasteiger partial charge in [-0.25, -0.2) is 23.4 Å². The van der Waals surface area contributed by atoms with Crippen molar-refractivity contribution >= 4 is 21.6 Å². The molecule has 0 spiro atoms. The highest BCUT2D eigenvalue weighted by Gasteiger charge is 2.20. The molecule has 2 heterocycles. The first-order valence-electron chi connectivity index (χ1n) is 14.7. The van der Waals surface area contributed by atoms with Crippen molar-refractivity contribution in [1.82, 2.24) is 25.3 Å². The van der Waals surface area contributed by atoms with Gasteiger partial charge in [-0.2, -0.15) is 0 Å². The highest BCUT2D eigenvalue weighted by atomic mass is 32.2. The second-order valence-electron chi connectivity index (χ2n) is 11.5. The van der Waals surface area contributed by atoms with Crippen molar-refractivity contribution in [3.8, 4) is 11.3 Å². The van der Waals surface area contributed by atoms with Crippen LogP contribution in [0.5, 0.6) is 0 Å². The summed E-state index contributed by atoms with van der Waals surface area (Å²) in [4.78, 5) is 28.2. The van der Waals surface area contributed by atoms with E-state index in [4.69, 9.17) is 0 Å². The molecule has 5 N–H and O–H groups in total. The van der Waals surface area contributed by atoms with Crippen LogP contribution in [0.25, 0.3) is 11.3 Å². The molecule has 0 aliphatic rings. The van der Waals surface area contributed by atoms with Gasteiger partial charge in [0.05, 0.1) is 35.3 Å². The van der Waals surface area contributed by atoms with E-state index in [-0.39, 0.29) is 29.4 Å². The number of nitrogens with one attached hydrogen (secondary N) is 4. The van der Waals surface area contributed by atoms with Gasteiger partial charge in [-0.15, -0.1) is 0 Å². The minimum Gasteiger partial charge on any atom is -0.387 e. The standard InChI is InChI=1S/C33H36N6O6S/c1-33(2,36-20-30(40)25-7-6-8-26(17-25)38-46(43,44)28-9-4-3-5-10-28)15-16-39-21-29(35-22-39)23-11-13-24(14-12-23)32(42)34-19-27-18-31(41)45-37-27/h3-14,17-18,21-22,30,36-38,40H,15-16,19-20H2,1-2H3,(H,34,42)/t30-/m0/s1. The average molecular weight is 645 g/mol. The Balaban J connectivity index is 1.10. The number of hydrogen-bond acceptors (Lipinski definition) is 8. The number of amides is 1. The normalized spacial score (nSPS) is 12.5. The number of hydrogen-bond donors (Lipinski definition) is 5. The third kappa shape index (κ3) is 8.59. The van der Waals surface area contributed by atoms with Gasteiger partial charge in [-0.05, 0) is 62.2 Å². The fourth-order valence-electron chi connectivity index (χ4n) is 4.72. The summed E-state index contributed by atoms with van der Waals surface area (Å²) in [6.07, 6.45) is 3.60. The molecule has 2 aromatic heterocycles. The summed E-state index contributed by atoms with van der Waals surface area (Å²) in [6, 6.07) is 23.2. The Morgan fingerprint density at radius 1 is 1.04 bits per heavy atom. The van der Waals surface area contributed by atoms with Gasteiger partial charge in [0, 0.05) is 47.7 Å². The van der Waals surface area contributed by atoms with E-state index >= 15 is 0 Å². The summed E-state index contributed by atoms with van der Waals surface area (Å²) in [5.74, 6) is -0.278. The zero-order chi connectivity index (χ0) is 32.7. The third-order valence-corrected chi connectivity index (χ3v) is 8.83. The molecule has 12 nitrogen and oxygen atoms in total. The van der Waals surface area contributed by atoms with Gasteiger partial charge in [-0.1, -0.05) is 42.5 Å². The van der Waals surface area contributed by atoms with Gasteiger partial charge in [0.1, 0.15) is 0 Å². The zero-order valence-electron chi connectivity index (χ0n) is 25.4. The van der Waals surface area contributed by atoms with Crippen LogP contribution in [-0.4, -0.2) is 46.2 Å². The van der Waals surface area contributed by atoms with Crippen molar-refractivity contribution in [2.45, 2.75) is 49.9 Å². The molecule has 0 fully saturated rings. The Kier molecular flexibility index (Phi) is 9.85. The molecule has 1 atom stereocenters. The van der Waals surface area contributed by atoms with Crippen molar-refractivity contribution in [2.24, 2.45) is 0 Å². The maximum atomic E-state index is 12.7. The minimum atomic E-state index is -3.74. The van der Waals surface area contributed by atoms with Crippen molar-refractivity contribution in [1.29, 1.82) is 0 Å². The van der Waals surface area contributed by atoms with Crippen LogP contribution in [0.1, 0.15) is 48.0 Å². The topological polar surface area (TPSA) is 171 Å². The van der Waals surface area contributed by atoms with Crippen molar-refractivity contribution in [2.75, 3.05) is 11.3 Å². The lowest BCUT2D eigenvalue weighted by atomic mass is 9.99. The molecule has 0 aliphatic carbocycles. The number of aryl methyl sites for hydroxylation is 1. The lowest BCUT2D eigenvalue weighted by Gasteiger charge is -2.28. The van der Waals surface area contributed by atoms with Crippen LogP contribution in [0, 0.1) is 0 Å². The second-order valence-corrected chi connectivity index (χ2v) is 13.2. The van der Waals surface area contributed by atoms with Crippen LogP contribution in [-0.2, 0) is 23.1 Å². The van der Waals surface area contributed by atoms with E-state index in [0.717, 1.165) is 17.7 Å². The number of β-amino-alcohol motifs (C(OH)–C–C–N with tert-alkyl or cyclic N) is 1. The number of anilines is 1. The first kappa shape index (κ1) is 32.4. The molecule has 0 unspecified atom stereocenters. The predicted octanol–water partition coefficient (Wildman–Crippen LogP) is 4.05. The number of aromatic amines is 1. The minimum absolute atomic E-state index is 0.146.